The van der Waals surface area contributed by atoms with Crippen molar-refractivity contribution in [3.05, 3.63) is 70.8 Å². The van der Waals surface area contributed by atoms with Crippen LogP contribution in [-0.2, 0) is 11.3 Å². The molecule has 0 spiro atoms. The normalized spacial score (nSPS) is 15.5. The van der Waals surface area contributed by atoms with Gasteiger partial charge in [0.2, 0.25) is 5.91 Å². The number of carbonyl (C=O) groups excluding carboxylic acids is 2. The van der Waals surface area contributed by atoms with Gasteiger partial charge in [-0.25, -0.2) is 4.39 Å². The van der Waals surface area contributed by atoms with Crippen LogP contribution in [0.1, 0.15) is 53.1 Å². The molecule has 1 saturated heterocycles. The molecule has 1 atom stereocenters. The monoisotopic (exact) mass is 481 g/mol. The van der Waals surface area contributed by atoms with E-state index in [-0.39, 0.29) is 23.6 Å². The molecular weight excluding hydrogens is 453 g/mol. The summed E-state index contributed by atoms with van der Waals surface area (Å²) >= 11 is 1.28. The highest BCUT2D eigenvalue weighted by atomic mass is 32.2. The molecule has 2 aromatic carbocycles. The van der Waals surface area contributed by atoms with E-state index in [9.17, 15) is 14.0 Å². The number of aromatic nitrogens is 3. The lowest BCUT2D eigenvalue weighted by Gasteiger charge is -2.24. The Labute approximate surface area is 202 Å². The molecule has 7 nitrogen and oxygen atoms in total. The SMILES string of the molecule is CCn1c(SCC(=O)Nc2cc(F)ccc2C)nnc1C1CCCN1C(=O)c1cccc(C)c1. The van der Waals surface area contributed by atoms with Gasteiger partial charge in [-0.15, -0.1) is 10.2 Å². The van der Waals surface area contributed by atoms with Crippen molar-refractivity contribution in [2.24, 2.45) is 0 Å². The fourth-order valence-electron chi connectivity index (χ4n) is 4.22. The Balaban J connectivity index is 1.47. The van der Waals surface area contributed by atoms with Crippen LogP contribution in [0.15, 0.2) is 47.6 Å². The minimum Gasteiger partial charge on any atom is -0.328 e. The molecule has 0 saturated carbocycles. The number of nitrogens with zero attached hydrogens (tertiary/aromatic N) is 4. The Kier molecular flexibility index (Phi) is 7.31. The molecular formula is C25H28FN5O2S. The molecule has 0 aliphatic carbocycles. The smallest absolute Gasteiger partial charge is 0.254 e. The minimum atomic E-state index is -0.398. The molecule has 1 fully saturated rings. The Morgan fingerprint density at radius 2 is 2.00 bits per heavy atom. The lowest BCUT2D eigenvalue weighted by molar-refractivity contribution is -0.113. The molecule has 3 aromatic rings. The molecule has 1 N–H and O–H groups in total. The van der Waals surface area contributed by atoms with E-state index in [1.807, 2.05) is 54.5 Å². The summed E-state index contributed by atoms with van der Waals surface area (Å²) in [7, 11) is 0. The van der Waals surface area contributed by atoms with Crippen molar-refractivity contribution in [1.29, 1.82) is 0 Å². The van der Waals surface area contributed by atoms with E-state index in [4.69, 9.17) is 0 Å². The number of thioether (sulfide) groups is 1. The highest BCUT2D eigenvalue weighted by molar-refractivity contribution is 7.99. The highest BCUT2D eigenvalue weighted by Gasteiger charge is 2.34. The first-order valence-electron chi connectivity index (χ1n) is 11.4. The first-order valence-corrected chi connectivity index (χ1v) is 12.4. The molecule has 178 valence electrons. The van der Waals surface area contributed by atoms with Gasteiger partial charge in [-0.3, -0.25) is 9.59 Å². The van der Waals surface area contributed by atoms with E-state index in [0.29, 0.717) is 29.5 Å². The zero-order valence-electron chi connectivity index (χ0n) is 19.5. The third-order valence-corrected chi connectivity index (χ3v) is 6.91. The number of halogens is 1. The van der Waals surface area contributed by atoms with Gasteiger partial charge in [0, 0.05) is 24.3 Å². The number of carbonyl (C=O) groups is 2. The lowest BCUT2D eigenvalue weighted by Crippen LogP contribution is -2.32. The third kappa shape index (κ3) is 5.14. The Bertz CT molecular complexity index is 1210. The van der Waals surface area contributed by atoms with Crippen LogP contribution >= 0.6 is 11.8 Å². The van der Waals surface area contributed by atoms with E-state index in [1.165, 1.54) is 23.9 Å². The molecule has 1 unspecified atom stereocenters. The van der Waals surface area contributed by atoms with Gasteiger partial charge >= 0.3 is 0 Å². The summed E-state index contributed by atoms with van der Waals surface area (Å²) in [4.78, 5) is 27.6. The van der Waals surface area contributed by atoms with Gasteiger partial charge in [-0.2, -0.15) is 0 Å². The third-order valence-electron chi connectivity index (χ3n) is 5.94. The van der Waals surface area contributed by atoms with E-state index >= 15 is 0 Å². The van der Waals surface area contributed by atoms with Crippen molar-refractivity contribution in [2.75, 3.05) is 17.6 Å². The van der Waals surface area contributed by atoms with E-state index in [1.54, 1.807) is 6.07 Å². The van der Waals surface area contributed by atoms with Crippen LogP contribution in [0.5, 0.6) is 0 Å². The molecule has 0 radical (unpaired) electrons. The summed E-state index contributed by atoms with van der Waals surface area (Å²) in [5, 5.41) is 12.1. The summed E-state index contributed by atoms with van der Waals surface area (Å²) in [6.07, 6.45) is 1.72. The summed E-state index contributed by atoms with van der Waals surface area (Å²) < 4.78 is 15.5. The van der Waals surface area contributed by atoms with Crippen molar-refractivity contribution >= 4 is 29.3 Å². The summed E-state index contributed by atoms with van der Waals surface area (Å²) in [5.74, 6) is 0.207. The van der Waals surface area contributed by atoms with Gasteiger partial charge in [0.25, 0.3) is 5.91 Å². The van der Waals surface area contributed by atoms with Crippen molar-refractivity contribution in [3.63, 3.8) is 0 Å². The first-order chi connectivity index (χ1) is 16.4. The number of rotatable bonds is 7. The standard InChI is InChI=1S/C25H28FN5O2S/c1-4-30-23(21-9-6-12-31(21)24(33)18-8-5-7-16(2)13-18)28-29-25(30)34-15-22(32)27-20-14-19(26)11-10-17(20)3/h5,7-8,10-11,13-14,21H,4,6,9,12,15H2,1-3H3,(H,27,32). The number of anilines is 1. The maximum absolute atomic E-state index is 13.5. The fourth-order valence-corrected chi connectivity index (χ4v) is 5.03. The second kappa shape index (κ2) is 10.4. The van der Waals surface area contributed by atoms with Gasteiger partial charge in [0.15, 0.2) is 11.0 Å². The molecule has 1 aliphatic heterocycles. The number of nitrogens with one attached hydrogen (secondary N) is 1. The molecule has 4 rings (SSSR count). The minimum absolute atomic E-state index is 0.00380. The lowest BCUT2D eigenvalue weighted by atomic mass is 10.1. The Morgan fingerprint density at radius 3 is 2.76 bits per heavy atom. The number of likely N-dealkylation sites (tertiary alicyclic amines) is 1. The number of benzene rings is 2. The van der Waals surface area contributed by atoms with Crippen LogP contribution in [-0.4, -0.2) is 43.8 Å². The average Bonchev–Trinajstić information content (AvgIpc) is 3.46. The largest absolute Gasteiger partial charge is 0.328 e. The van der Waals surface area contributed by atoms with Crippen LogP contribution < -0.4 is 5.32 Å². The van der Waals surface area contributed by atoms with Crippen LogP contribution in [0, 0.1) is 19.7 Å². The highest BCUT2D eigenvalue weighted by Crippen LogP contribution is 2.34. The molecule has 0 bridgehead atoms. The van der Waals surface area contributed by atoms with Crippen molar-refractivity contribution < 1.29 is 14.0 Å². The molecule has 2 amide bonds. The van der Waals surface area contributed by atoms with E-state index in [0.717, 1.165) is 29.8 Å². The topological polar surface area (TPSA) is 80.1 Å². The van der Waals surface area contributed by atoms with Gasteiger partial charge in [-0.05, 0) is 63.4 Å². The Hall–Kier alpha value is -3.20. The molecule has 34 heavy (non-hydrogen) atoms. The van der Waals surface area contributed by atoms with E-state index in [2.05, 4.69) is 15.5 Å². The van der Waals surface area contributed by atoms with Crippen molar-refractivity contribution in [2.45, 2.75) is 51.4 Å². The number of hydrogen-bond acceptors (Lipinski definition) is 5. The Morgan fingerprint density at radius 1 is 1.18 bits per heavy atom. The van der Waals surface area contributed by atoms with Gasteiger partial charge < -0.3 is 14.8 Å². The fraction of sp³-hybridized carbons (Fsp3) is 0.360. The first kappa shape index (κ1) is 23.9. The quantitative estimate of drug-likeness (QED) is 0.492. The van der Waals surface area contributed by atoms with Crippen LogP contribution in [0.4, 0.5) is 10.1 Å². The number of hydrogen-bond donors (Lipinski definition) is 1. The van der Waals surface area contributed by atoms with Crippen LogP contribution in [0.25, 0.3) is 0 Å². The maximum Gasteiger partial charge on any atom is 0.254 e. The molecule has 1 aromatic heterocycles. The zero-order valence-corrected chi connectivity index (χ0v) is 20.4. The van der Waals surface area contributed by atoms with Gasteiger partial charge in [-0.1, -0.05) is 35.5 Å². The molecule has 9 heteroatoms. The van der Waals surface area contributed by atoms with Crippen LogP contribution in [0.2, 0.25) is 0 Å². The number of amides is 2. The van der Waals surface area contributed by atoms with Crippen LogP contribution in [0.3, 0.4) is 0 Å². The average molecular weight is 482 g/mol. The summed E-state index contributed by atoms with van der Waals surface area (Å²) in [5.41, 5.74) is 2.97. The van der Waals surface area contributed by atoms with E-state index < -0.39 is 5.82 Å². The maximum atomic E-state index is 13.5. The summed E-state index contributed by atoms with van der Waals surface area (Å²) in [6.45, 7) is 7.08. The molecule has 2 heterocycles. The second-order valence-electron chi connectivity index (χ2n) is 8.41. The van der Waals surface area contributed by atoms with Gasteiger partial charge in [0.1, 0.15) is 5.82 Å². The number of aryl methyl sites for hydroxylation is 2. The zero-order chi connectivity index (χ0) is 24.2. The van der Waals surface area contributed by atoms with Gasteiger partial charge in [0.05, 0.1) is 11.8 Å². The van der Waals surface area contributed by atoms with Crippen molar-refractivity contribution in [1.82, 2.24) is 19.7 Å². The molecule has 1 aliphatic rings. The second-order valence-corrected chi connectivity index (χ2v) is 9.35. The predicted molar refractivity (Wildman–Crippen MR) is 130 cm³/mol. The predicted octanol–water partition coefficient (Wildman–Crippen LogP) is 4.76. The van der Waals surface area contributed by atoms with Crippen molar-refractivity contribution in [3.8, 4) is 0 Å². The summed E-state index contributed by atoms with van der Waals surface area (Å²) in [6, 6.07) is 11.8.